The number of fused-ring (bicyclic) bond motifs is 1. The fourth-order valence-electron chi connectivity index (χ4n) is 3.54. The number of aryl methyl sites for hydroxylation is 1. The molecule has 0 unspecified atom stereocenters. The minimum absolute atomic E-state index is 0.502. The molecule has 1 aliphatic heterocycles. The fourth-order valence-corrected chi connectivity index (χ4v) is 4.16. The van der Waals surface area contributed by atoms with Gasteiger partial charge in [0, 0.05) is 17.8 Å². The Morgan fingerprint density at radius 3 is 2.93 bits per heavy atom. The molecule has 0 aliphatic carbocycles. The van der Waals surface area contributed by atoms with Gasteiger partial charge >= 0.3 is 0 Å². The van der Waals surface area contributed by atoms with E-state index in [-0.39, 0.29) is 0 Å². The summed E-state index contributed by atoms with van der Waals surface area (Å²) in [6, 6.07) is 12.1. The summed E-state index contributed by atoms with van der Waals surface area (Å²) in [6.45, 7) is 3.84. The summed E-state index contributed by atoms with van der Waals surface area (Å²) >= 11 is 1.66. The van der Waals surface area contributed by atoms with Gasteiger partial charge in [0.15, 0.2) is 17.3 Å². The van der Waals surface area contributed by atoms with E-state index in [0.29, 0.717) is 36.1 Å². The van der Waals surface area contributed by atoms with Crippen LogP contribution in [-0.4, -0.2) is 21.4 Å². The van der Waals surface area contributed by atoms with Gasteiger partial charge < -0.3 is 14.0 Å². The van der Waals surface area contributed by atoms with Crippen molar-refractivity contribution >= 4 is 23.0 Å². The van der Waals surface area contributed by atoms with Gasteiger partial charge in [-0.2, -0.15) is 5.26 Å². The smallest absolute Gasteiger partial charge is 0.174 e. The fraction of sp³-hybridized carbons (Fsp3) is 0.348. The third-order valence-corrected chi connectivity index (χ3v) is 5.85. The van der Waals surface area contributed by atoms with Gasteiger partial charge in [0.2, 0.25) is 0 Å². The molecule has 0 spiro atoms. The quantitative estimate of drug-likeness (QED) is 0.497. The molecule has 154 valence electrons. The van der Waals surface area contributed by atoms with Crippen LogP contribution in [0.2, 0.25) is 0 Å². The number of aromatic nitrogens is 3. The third kappa shape index (κ3) is 4.55. The Hall–Kier alpha value is -3.11. The Balaban J connectivity index is 1.61. The molecular formula is C23H24N4O2S. The molecule has 0 fully saturated rings. The number of hydrogen-bond acceptors (Lipinski definition) is 6. The molecule has 6 nitrogen and oxygen atoms in total. The van der Waals surface area contributed by atoms with E-state index in [0.717, 1.165) is 42.1 Å². The summed E-state index contributed by atoms with van der Waals surface area (Å²) in [6.07, 6.45) is 6.14. The minimum Gasteiger partial charge on any atom is -0.490 e. The second-order valence-corrected chi connectivity index (χ2v) is 8.11. The summed E-state index contributed by atoms with van der Waals surface area (Å²) in [4.78, 5) is 1.15. The molecule has 2 aromatic heterocycles. The Labute approximate surface area is 180 Å². The van der Waals surface area contributed by atoms with Crippen molar-refractivity contribution < 1.29 is 9.47 Å². The van der Waals surface area contributed by atoms with Crippen molar-refractivity contribution in [2.24, 2.45) is 0 Å². The van der Waals surface area contributed by atoms with E-state index >= 15 is 0 Å². The Morgan fingerprint density at radius 2 is 2.13 bits per heavy atom. The van der Waals surface area contributed by atoms with E-state index in [2.05, 4.69) is 20.8 Å². The van der Waals surface area contributed by atoms with Crippen molar-refractivity contribution in [3.05, 3.63) is 57.8 Å². The molecule has 0 atom stereocenters. The lowest BCUT2D eigenvalue weighted by Gasteiger charge is -2.12. The highest BCUT2D eigenvalue weighted by molar-refractivity contribution is 7.09. The van der Waals surface area contributed by atoms with E-state index in [1.165, 1.54) is 6.42 Å². The highest BCUT2D eigenvalue weighted by Gasteiger charge is 2.18. The normalized spacial score (nSPS) is 13.9. The predicted molar refractivity (Wildman–Crippen MR) is 117 cm³/mol. The molecule has 3 heterocycles. The molecule has 0 saturated heterocycles. The summed E-state index contributed by atoms with van der Waals surface area (Å²) in [7, 11) is 0. The molecule has 30 heavy (non-hydrogen) atoms. The first-order valence-corrected chi connectivity index (χ1v) is 11.1. The zero-order chi connectivity index (χ0) is 20.8. The SMILES string of the molecule is CCOc1cc(/C=C(\C#N)c2nnc3n2CCCCC3)ccc1OCc1cccs1. The molecule has 0 amide bonds. The molecular weight excluding hydrogens is 396 g/mol. The first-order chi connectivity index (χ1) is 14.8. The van der Waals surface area contributed by atoms with Gasteiger partial charge in [0.05, 0.1) is 12.2 Å². The highest BCUT2D eigenvalue weighted by atomic mass is 32.1. The van der Waals surface area contributed by atoms with Crippen molar-refractivity contribution in [1.29, 1.82) is 5.26 Å². The Morgan fingerprint density at radius 1 is 1.20 bits per heavy atom. The van der Waals surface area contributed by atoms with Crippen LogP contribution in [-0.2, 0) is 19.6 Å². The largest absolute Gasteiger partial charge is 0.490 e. The number of allylic oxidation sites excluding steroid dienone is 1. The van der Waals surface area contributed by atoms with Crippen LogP contribution >= 0.6 is 11.3 Å². The molecule has 3 aromatic rings. The van der Waals surface area contributed by atoms with Gasteiger partial charge in [0.25, 0.3) is 0 Å². The standard InChI is InChI=1S/C23H24N4O2S/c1-2-28-21-14-17(9-10-20(21)29-16-19-7-6-12-30-19)13-18(15-24)23-26-25-22-8-4-3-5-11-27(22)23/h6-7,9-10,12-14H,2-5,8,11,16H2,1H3/b18-13+. The van der Waals surface area contributed by atoms with E-state index in [4.69, 9.17) is 9.47 Å². The molecule has 0 saturated carbocycles. The van der Waals surface area contributed by atoms with Crippen LogP contribution < -0.4 is 9.47 Å². The maximum atomic E-state index is 9.79. The van der Waals surface area contributed by atoms with Gasteiger partial charge in [0.1, 0.15) is 18.5 Å². The van der Waals surface area contributed by atoms with Crippen molar-refractivity contribution in [1.82, 2.24) is 14.8 Å². The van der Waals surface area contributed by atoms with Gasteiger partial charge in [-0.25, -0.2) is 0 Å². The second kappa shape index (κ2) is 9.59. The van der Waals surface area contributed by atoms with Crippen LogP contribution in [0.25, 0.3) is 11.6 Å². The monoisotopic (exact) mass is 420 g/mol. The number of ether oxygens (including phenoxy) is 2. The van der Waals surface area contributed by atoms with Crippen molar-refractivity contribution in [2.75, 3.05) is 6.61 Å². The van der Waals surface area contributed by atoms with Crippen LogP contribution in [0.1, 0.15) is 48.3 Å². The van der Waals surface area contributed by atoms with Gasteiger partial charge in [-0.05, 0) is 55.0 Å². The topological polar surface area (TPSA) is 73.0 Å². The molecule has 7 heteroatoms. The number of rotatable bonds is 7. The Kier molecular flexibility index (Phi) is 6.45. The van der Waals surface area contributed by atoms with E-state index < -0.39 is 0 Å². The Bertz CT molecular complexity index is 1060. The number of hydrogen-bond donors (Lipinski definition) is 0. The molecule has 4 rings (SSSR count). The molecule has 0 radical (unpaired) electrons. The number of nitriles is 1. The average molecular weight is 421 g/mol. The van der Waals surface area contributed by atoms with Crippen molar-refractivity contribution in [3.8, 4) is 17.6 Å². The minimum atomic E-state index is 0.502. The van der Waals surface area contributed by atoms with Crippen LogP contribution in [0.3, 0.4) is 0 Å². The summed E-state index contributed by atoms with van der Waals surface area (Å²) < 4.78 is 13.8. The molecule has 0 N–H and O–H groups in total. The first-order valence-electron chi connectivity index (χ1n) is 10.2. The molecule has 0 bridgehead atoms. The maximum absolute atomic E-state index is 9.79. The van der Waals surface area contributed by atoms with Crippen molar-refractivity contribution in [3.63, 3.8) is 0 Å². The maximum Gasteiger partial charge on any atom is 0.174 e. The van der Waals surface area contributed by atoms with Crippen molar-refractivity contribution in [2.45, 2.75) is 45.8 Å². The van der Waals surface area contributed by atoms with Crippen LogP contribution in [0.5, 0.6) is 11.5 Å². The van der Waals surface area contributed by atoms with E-state index in [9.17, 15) is 5.26 Å². The summed E-state index contributed by atoms with van der Waals surface area (Å²) in [5.74, 6) is 2.97. The van der Waals surface area contributed by atoms with E-state index in [1.807, 2.05) is 48.7 Å². The van der Waals surface area contributed by atoms with Gasteiger partial charge in [-0.3, -0.25) is 0 Å². The predicted octanol–water partition coefficient (Wildman–Crippen LogP) is 5.11. The summed E-state index contributed by atoms with van der Waals surface area (Å²) in [5.41, 5.74) is 1.37. The number of thiophene rings is 1. The highest BCUT2D eigenvalue weighted by Crippen LogP contribution is 2.31. The lowest BCUT2D eigenvalue weighted by Crippen LogP contribution is -2.05. The third-order valence-electron chi connectivity index (χ3n) is 5.00. The second-order valence-electron chi connectivity index (χ2n) is 7.08. The van der Waals surface area contributed by atoms with E-state index in [1.54, 1.807) is 11.3 Å². The summed E-state index contributed by atoms with van der Waals surface area (Å²) in [5, 5.41) is 20.4. The lowest BCUT2D eigenvalue weighted by molar-refractivity contribution is 0.271. The van der Waals surface area contributed by atoms with Crippen LogP contribution in [0.4, 0.5) is 0 Å². The lowest BCUT2D eigenvalue weighted by atomic mass is 10.1. The molecule has 1 aliphatic rings. The van der Waals surface area contributed by atoms with Gasteiger partial charge in [-0.15, -0.1) is 21.5 Å². The van der Waals surface area contributed by atoms with Crippen LogP contribution in [0.15, 0.2) is 35.7 Å². The number of nitrogens with zero attached hydrogens (tertiary/aromatic N) is 4. The zero-order valence-corrected chi connectivity index (χ0v) is 17.8. The average Bonchev–Trinajstić information content (AvgIpc) is 3.36. The zero-order valence-electron chi connectivity index (χ0n) is 17.0. The first kappa shape index (κ1) is 20.2. The molecule has 1 aromatic carbocycles. The number of benzene rings is 1. The van der Waals surface area contributed by atoms with Crippen LogP contribution in [0, 0.1) is 11.3 Å². The van der Waals surface area contributed by atoms with Gasteiger partial charge in [-0.1, -0.05) is 18.6 Å².